The lowest BCUT2D eigenvalue weighted by Crippen LogP contribution is -2.43. The number of carbonyl (C=O) groups excluding carboxylic acids is 1. The number of ether oxygens (including phenoxy) is 1. The lowest BCUT2D eigenvalue weighted by atomic mass is 10.3. The van der Waals surface area contributed by atoms with Gasteiger partial charge >= 0.3 is 6.09 Å². The topological polar surface area (TPSA) is 87.7 Å². The quantitative estimate of drug-likeness (QED) is 0.815. The summed E-state index contributed by atoms with van der Waals surface area (Å²) in [5.41, 5.74) is 0.730. The second-order valence-corrected chi connectivity index (χ2v) is 6.61. The Bertz CT molecular complexity index is 589. The highest BCUT2D eigenvalue weighted by atomic mass is 32.2. The molecule has 8 heteroatoms. The fraction of sp³-hybridized carbons (Fsp3) is 0.462. The molecule has 1 amide bonds. The summed E-state index contributed by atoms with van der Waals surface area (Å²) in [6.45, 7) is 3.81. The van der Waals surface area contributed by atoms with Gasteiger partial charge in [-0.2, -0.15) is 17.9 Å². The molecule has 1 heterocycles. The molecule has 0 aliphatic carbocycles. The van der Waals surface area contributed by atoms with E-state index in [1.54, 1.807) is 26.0 Å². The molecule has 1 aromatic rings. The Labute approximate surface area is 124 Å². The van der Waals surface area contributed by atoms with Crippen LogP contribution in [0.4, 0.5) is 10.5 Å². The van der Waals surface area contributed by atoms with Gasteiger partial charge in [0.15, 0.2) is 0 Å². The van der Waals surface area contributed by atoms with Gasteiger partial charge in [-0.15, -0.1) is 0 Å². The van der Waals surface area contributed by atoms with E-state index in [9.17, 15) is 13.2 Å². The molecule has 7 nitrogen and oxygen atoms in total. The van der Waals surface area contributed by atoms with Crippen molar-refractivity contribution in [2.24, 2.45) is 0 Å². The van der Waals surface area contributed by atoms with E-state index in [1.807, 2.05) is 18.2 Å². The summed E-state index contributed by atoms with van der Waals surface area (Å²) < 4.78 is 33.3. The second-order valence-electron chi connectivity index (χ2n) is 5.08. The zero-order valence-electron chi connectivity index (χ0n) is 11.9. The summed E-state index contributed by atoms with van der Waals surface area (Å²) in [7, 11) is -3.58. The molecule has 2 rings (SSSR count). The van der Waals surface area contributed by atoms with E-state index in [4.69, 9.17) is 4.74 Å². The molecule has 0 spiro atoms. The molecular formula is C13H19N3O4S. The van der Waals surface area contributed by atoms with Crippen molar-refractivity contribution in [3.05, 3.63) is 30.3 Å². The summed E-state index contributed by atoms with van der Waals surface area (Å²) in [5, 5.41) is 0. The van der Waals surface area contributed by atoms with Crippen LogP contribution in [0, 0.1) is 0 Å². The lowest BCUT2D eigenvalue weighted by molar-refractivity contribution is 0.143. The highest BCUT2D eigenvalue weighted by Gasteiger charge is 2.32. The van der Waals surface area contributed by atoms with Crippen LogP contribution in [0.25, 0.3) is 0 Å². The van der Waals surface area contributed by atoms with Crippen LogP contribution < -0.4 is 14.3 Å². The Morgan fingerprint density at radius 1 is 1.33 bits per heavy atom. The Morgan fingerprint density at radius 2 is 2.00 bits per heavy atom. The van der Waals surface area contributed by atoms with Crippen LogP contribution in [-0.4, -0.2) is 39.7 Å². The summed E-state index contributed by atoms with van der Waals surface area (Å²) >= 11 is 0. The first kappa shape index (κ1) is 15.7. The molecule has 1 fully saturated rings. The average molecular weight is 313 g/mol. The van der Waals surface area contributed by atoms with Crippen molar-refractivity contribution in [3.8, 4) is 0 Å². The van der Waals surface area contributed by atoms with Crippen LogP contribution in [0.2, 0.25) is 0 Å². The van der Waals surface area contributed by atoms with Crippen molar-refractivity contribution >= 4 is 22.0 Å². The first-order chi connectivity index (χ1) is 9.87. The predicted octanol–water partition coefficient (Wildman–Crippen LogP) is 0.844. The number of anilines is 1. The molecule has 0 bridgehead atoms. The van der Waals surface area contributed by atoms with E-state index in [0.717, 1.165) is 5.69 Å². The molecule has 1 aromatic carbocycles. The number of nitrogens with zero attached hydrogens (tertiary/aromatic N) is 1. The predicted molar refractivity (Wildman–Crippen MR) is 79.3 cm³/mol. The third-order valence-corrected chi connectivity index (χ3v) is 4.16. The number of carbonyl (C=O) groups is 1. The molecule has 21 heavy (non-hydrogen) atoms. The summed E-state index contributed by atoms with van der Waals surface area (Å²) in [6.07, 6.45) is -0.983. The van der Waals surface area contributed by atoms with Gasteiger partial charge in [0.2, 0.25) is 0 Å². The van der Waals surface area contributed by atoms with E-state index in [0.29, 0.717) is 6.54 Å². The number of hydrogen-bond acceptors (Lipinski definition) is 4. The van der Waals surface area contributed by atoms with Crippen LogP contribution in [0.15, 0.2) is 30.3 Å². The Balaban J connectivity index is 1.92. The van der Waals surface area contributed by atoms with Gasteiger partial charge in [0, 0.05) is 11.7 Å². The zero-order valence-corrected chi connectivity index (χ0v) is 12.8. The maximum atomic E-state index is 11.8. The van der Waals surface area contributed by atoms with Gasteiger partial charge in [0.1, 0.15) is 6.10 Å². The third kappa shape index (κ3) is 4.42. The number of para-hydroxylation sites is 1. The SMILES string of the molecule is CC(C)NS(=O)(=O)NCC1CN(c2ccccc2)C(=O)O1. The smallest absolute Gasteiger partial charge is 0.414 e. The normalized spacial score (nSPS) is 19.1. The largest absolute Gasteiger partial charge is 0.443 e. The van der Waals surface area contributed by atoms with E-state index in [-0.39, 0.29) is 12.6 Å². The molecule has 1 saturated heterocycles. The minimum absolute atomic E-state index is 0.0388. The molecule has 1 aliphatic rings. The van der Waals surface area contributed by atoms with Crippen molar-refractivity contribution in [2.75, 3.05) is 18.0 Å². The van der Waals surface area contributed by atoms with Crippen LogP contribution in [0.1, 0.15) is 13.8 Å². The highest BCUT2D eigenvalue weighted by molar-refractivity contribution is 7.87. The number of amides is 1. The first-order valence-electron chi connectivity index (χ1n) is 6.67. The number of nitrogens with one attached hydrogen (secondary N) is 2. The maximum absolute atomic E-state index is 11.8. The van der Waals surface area contributed by atoms with Crippen LogP contribution in [0.5, 0.6) is 0 Å². The minimum Gasteiger partial charge on any atom is -0.443 e. The number of cyclic esters (lactones) is 1. The van der Waals surface area contributed by atoms with Crippen LogP contribution in [-0.2, 0) is 14.9 Å². The Morgan fingerprint density at radius 3 is 2.62 bits per heavy atom. The molecule has 1 unspecified atom stereocenters. The summed E-state index contributed by atoms with van der Waals surface area (Å²) in [4.78, 5) is 13.3. The van der Waals surface area contributed by atoms with Crippen molar-refractivity contribution in [2.45, 2.75) is 26.0 Å². The zero-order chi connectivity index (χ0) is 15.5. The van der Waals surface area contributed by atoms with Gasteiger partial charge < -0.3 is 4.74 Å². The molecule has 1 aliphatic heterocycles. The average Bonchev–Trinajstić information content (AvgIpc) is 2.78. The van der Waals surface area contributed by atoms with Gasteiger partial charge in [0.05, 0.1) is 13.1 Å². The Hall–Kier alpha value is -1.64. The van der Waals surface area contributed by atoms with E-state index in [2.05, 4.69) is 9.44 Å². The summed E-state index contributed by atoms with van der Waals surface area (Å²) in [5.74, 6) is 0. The van der Waals surface area contributed by atoms with E-state index in [1.165, 1.54) is 4.90 Å². The van der Waals surface area contributed by atoms with Gasteiger partial charge in [0.25, 0.3) is 10.2 Å². The highest BCUT2D eigenvalue weighted by Crippen LogP contribution is 2.20. The standard InChI is InChI=1S/C13H19N3O4S/c1-10(2)15-21(18,19)14-8-12-9-16(13(17)20-12)11-6-4-3-5-7-11/h3-7,10,12,14-15H,8-9H2,1-2H3. The number of benzene rings is 1. The first-order valence-corrected chi connectivity index (χ1v) is 8.16. The third-order valence-electron chi connectivity index (χ3n) is 2.83. The molecule has 2 N–H and O–H groups in total. The van der Waals surface area contributed by atoms with Crippen molar-refractivity contribution < 1.29 is 17.9 Å². The molecule has 1 atom stereocenters. The van der Waals surface area contributed by atoms with Crippen LogP contribution >= 0.6 is 0 Å². The monoisotopic (exact) mass is 313 g/mol. The van der Waals surface area contributed by atoms with Gasteiger partial charge in [-0.25, -0.2) is 4.79 Å². The van der Waals surface area contributed by atoms with Gasteiger partial charge in [-0.05, 0) is 26.0 Å². The minimum atomic E-state index is -3.58. The maximum Gasteiger partial charge on any atom is 0.414 e. The van der Waals surface area contributed by atoms with Gasteiger partial charge in [-0.3, -0.25) is 4.90 Å². The number of hydrogen-bond donors (Lipinski definition) is 2. The van der Waals surface area contributed by atoms with Crippen molar-refractivity contribution in [1.29, 1.82) is 0 Å². The molecule has 116 valence electrons. The fourth-order valence-corrected chi connectivity index (χ4v) is 3.11. The van der Waals surface area contributed by atoms with Crippen molar-refractivity contribution in [1.82, 2.24) is 9.44 Å². The van der Waals surface area contributed by atoms with E-state index >= 15 is 0 Å². The second kappa shape index (κ2) is 6.42. The lowest BCUT2D eigenvalue weighted by Gasteiger charge is -2.14. The Kier molecular flexibility index (Phi) is 4.81. The van der Waals surface area contributed by atoms with Crippen LogP contribution in [0.3, 0.4) is 0 Å². The van der Waals surface area contributed by atoms with Crippen molar-refractivity contribution in [3.63, 3.8) is 0 Å². The molecule has 0 aromatic heterocycles. The van der Waals surface area contributed by atoms with Gasteiger partial charge in [-0.1, -0.05) is 18.2 Å². The summed E-state index contributed by atoms with van der Waals surface area (Å²) in [6, 6.07) is 8.90. The fourth-order valence-electron chi connectivity index (χ4n) is 2.00. The molecule has 0 saturated carbocycles. The number of rotatable bonds is 6. The molecule has 0 radical (unpaired) electrons. The molecular weight excluding hydrogens is 294 g/mol. The van der Waals surface area contributed by atoms with E-state index < -0.39 is 22.4 Å².